The maximum atomic E-state index is 12.7. The van der Waals surface area contributed by atoms with Gasteiger partial charge in [0.25, 0.3) is 0 Å². The standard InChI is InChI=1S/C10H7ClF6N2/c11-4-8(18)19-7-2-1-5(9(12,13)14)3-6(7)10(15,16)17/h1-3H,4H2,(H2,18,19). The van der Waals surface area contributed by atoms with E-state index in [1.54, 1.807) is 0 Å². The number of amidine groups is 1. The van der Waals surface area contributed by atoms with Gasteiger partial charge in [-0.1, -0.05) is 0 Å². The number of hydrogen-bond acceptors (Lipinski definition) is 1. The highest BCUT2D eigenvalue weighted by molar-refractivity contribution is 6.28. The molecule has 0 spiro atoms. The summed E-state index contributed by atoms with van der Waals surface area (Å²) in [6, 6.07) is 1.08. The minimum absolute atomic E-state index is 0.0135. The molecule has 1 aromatic rings. The SMILES string of the molecule is NC(CCl)=Nc1ccc(C(F)(F)F)cc1C(F)(F)F. The predicted octanol–water partition coefficient (Wildman–Crippen LogP) is 3.95. The molecule has 0 aliphatic rings. The van der Waals surface area contributed by atoms with E-state index < -0.39 is 29.2 Å². The highest BCUT2D eigenvalue weighted by Crippen LogP contribution is 2.40. The van der Waals surface area contributed by atoms with Crippen LogP contribution in [0.15, 0.2) is 23.2 Å². The van der Waals surface area contributed by atoms with Crippen LogP contribution in [0.1, 0.15) is 11.1 Å². The number of nitrogens with zero attached hydrogens (tertiary/aromatic N) is 1. The summed E-state index contributed by atoms with van der Waals surface area (Å²) in [7, 11) is 0. The number of aliphatic imine (C=N–C) groups is 1. The van der Waals surface area contributed by atoms with Gasteiger partial charge in [0.1, 0.15) is 5.84 Å². The van der Waals surface area contributed by atoms with Crippen molar-refractivity contribution < 1.29 is 26.3 Å². The Morgan fingerprint density at radius 2 is 1.68 bits per heavy atom. The lowest BCUT2D eigenvalue weighted by atomic mass is 10.1. The van der Waals surface area contributed by atoms with Crippen LogP contribution in [0.5, 0.6) is 0 Å². The van der Waals surface area contributed by atoms with Crippen molar-refractivity contribution in [1.82, 2.24) is 0 Å². The van der Waals surface area contributed by atoms with Crippen LogP contribution in [0, 0.1) is 0 Å². The minimum atomic E-state index is -4.98. The first kappa shape index (κ1) is 15.6. The Bertz CT molecular complexity index is 492. The first-order valence-electron chi connectivity index (χ1n) is 4.73. The quantitative estimate of drug-likeness (QED) is 0.382. The first-order chi connectivity index (χ1) is 8.55. The molecule has 1 rings (SSSR count). The van der Waals surface area contributed by atoms with Gasteiger partial charge in [-0.05, 0) is 18.2 Å². The molecule has 0 aromatic heterocycles. The van der Waals surface area contributed by atoms with Crippen molar-refractivity contribution >= 4 is 23.1 Å². The van der Waals surface area contributed by atoms with E-state index in [4.69, 9.17) is 17.3 Å². The molecule has 2 nitrogen and oxygen atoms in total. The fourth-order valence-corrected chi connectivity index (χ4v) is 1.28. The molecular formula is C10H7ClF6N2. The zero-order valence-electron chi connectivity index (χ0n) is 9.11. The second-order valence-electron chi connectivity index (χ2n) is 3.46. The van der Waals surface area contributed by atoms with Gasteiger partial charge in [-0.3, -0.25) is 0 Å². The van der Waals surface area contributed by atoms with E-state index in [1.165, 1.54) is 0 Å². The van der Waals surface area contributed by atoms with Gasteiger partial charge < -0.3 is 5.73 Å². The average Bonchev–Trinajstić information content (AvgIpc) is 2.26. The molecule has 0 aliphatic carbocycles. The van der Waals surface area contributed by atoms with Crippen LogP contribution in [-0.2, 0) is 12.4 Å². The average molecular weight is 305 g/mol. The monoisotopic (exact) mass is 304 g/mol. The summed E-state index contributed by atoms with van der Waals surface area (Å²) in [4.78, 5) is 3.34. The minimum Gasteiger partial charge on any atom is -0.386 e. The maximum Gasteiger partial charge on any atom is 0.418 e. The molecule has 0 unspecified atom stereocenters. The molecule has 1 aromatic carbocycles. The molecule has 106 valence electrons. The van der Waals surface area contributed by atoms with E-state index in [-0.39, 0.29) is 17.8 Å². The Labute approximate surface area is 108 Å². The fourth-order valence-electron chi connectivity index (χ4n) is 1.22. The molecule has 0 saturated heterocycles. The molecule has 2 N–H and O–H groups in total. The number of halogens is 7. The van der Waals surface area contributed by atoms with Crippen molar-refractivity contribution in [2.24, 2.45) is 10.7 Å². The Morgan fingerprint density at radius 1 is 1.11 bits per heavy atom. The third kappa shape index (κ3) is 4.02. The molecule has 19 heavy (non-hydrogen) atoms. The molecule has 0 fully saturated rings. The van der Waals surface area contributed by atoms with Gasteiger partial charge in [0.2, 0.25) is 0 Å². The fraction of sp³-hybridized carbons (Fsp3) is 0.300. The Hall–Kier alpha value is -1.44. The summed E-state index contributed by atoms with van der Waals surface area (Å²) in [5.41, 5.74) is 1.53. The van der Waals surface area contributed by atoms with E-state index in [0.29, 0.717) is 12.1 Å². The van der Waals surface area contributed by atoms with E-state index in [9.17, 15) is 26.3 Å². The van der Waals surface area contributed by atoms with Crippen molar-refractivity contribution in [3.05, 3.63) is 29.3 Å². The number of alkyl halides is 7. The zero-order chi connectivity index (χ0) is 14.8. The van der Waals surface area contributed by atoms with Gasteiger partial charge in [-0.2, -0.15) is 26.3 Å². The summed E-state index contributed by atoms with van der Waals surface area (Å²) >= 11 is 5.26. The molecule has 9 heteroatoms. The predicted molar refractivity (Wildman–Crippen MR) is 58.4 cm³/mol. The molecule has 0 amide bonds. The van der Waals surface area contributed by atoms with Gasteiger partial charge in [-0.15, -0.1) is 11.6 Å². The third-order valence-corrected chi connectivity index (χ3v) is 2.30. The number of benzene rings is 1. The van der Waals surface area contributed by atoms with Gasteiger partial charge in [0.05, 0.1) is 22.7 Å². The van der Waals surface area contributed by atoms with Gasteiger partial charge in [-0.25, -0.2) is 4.99 Å². The normalized spacial score (nSPS) is 13.7. The van der Waals surface area contributed by atoms with Crippen molar-refractivity contribution in [3.63, 3.8) is 0 Å². The highest BCUT2D eigenvalue weighted by atomic mass is 35.5. The molecular weight excluding hydrogens is 298 g/mol. The van der Waals surface area contributed by atoms with Crippen molar-refractivity contribution in [1.29, 1.82) is 0 Å². The lowest BCUT2D eigenvalue weighted by molar-refractivity contribution is -0.142. The Morgan fingerprint density at radius 3 is 2.11 bits per heavy atom. The molecule has 0 radical (unpaired) electrons. The van der Waals surface area contributed by atoms with Gasteiger partial charge >= 0.3 is 12.4 Å². The van der Waals surface area contributed by atoms with Crippen molar-refractivity contribution in [3.8, 4) is 0 Å². The smallest absolute Gasteiger partial charge is 0.386 e. The summed E-state index contributed by atoms with van der Waals surface area (Å²) in [5, 5.41) is 0. The number of hydrogen-bond donors (Lipinski definition) is 1. The maximum absolute atomic E-state index is 12.7. The lowest BCUT2D eigenvalue weighted by Crippen LogP contribution is -2.14. The van der Waals surface area contributed by atoms with E-state index >= 15 is 0 Å². The van der Waals surface area contributed by atoms with Crippen molar-refractivity contribution in [2.75, 3.05) is 5.88 Å². The van der Waals surface area contributed by atoms with Crippen LogP contribution in [0.25, 0.3) is 0 Å². The van der Waals surface area contributed by atoms with Crippen LogP contribution in [-0.4, -0.2) is 11.7 Å². The van der Waals surface area contributed by atoms with Crippen LogP contribution in [0.3, 0.4) is 0 Å². The third-order valence-electron chi connectivity index (χ3n) is 2.03. The van der Waals surface area contributed by atoms with E-state index in [1.807, 2.05) is 0 Å². The second-order valence-corrected chi connectivity index (χ2v) is 3.73. The van der Waals surface area contributed by atoms with Gasteiger partial charge in [0, 0.05) is 0 Å². The second kappa shape index (κ2) is 5.28. The largest absolute Gasteiger partial charge is 0.418 e. The van der Waals surface area contributed by atoms with Crippen molar-refractivity contribution in [2.45, 2.75) is 12.4 Å². The molecule has 0 heterocycles. The van der Waals surface area contributed by atoms with Crippen LogP contribution in [0.2, 0.25) is 0 Å². The highest BCUT2D eigenvalue weighted by Gasteiger charge is 2.38. The summed E-state index contributed by atoms with van der Waals surface area (Å²) in [6.45, 7) is 0. The van der Waals surface area contributed by atoms with Crippen LogP contribution in [0.4, 0.5) is 32.0 Å². The Kier molecular flexibility index (Phi) is 4.34. The topological polar surface area (TPSA) is 38.4 Å². The number of nitrogens with two attached hydrogens (primary N) is 1. The molecule has 0 atom stereocenters. The Balaban J connectivity index is 3.42. The van der Waals surface area contributed by atoms with Crippen LogP contribution >= 0.6 is 11.6 Å². The summed E-state index contributed by atoms with van der Waals surface area (Å²) in [5.74, 6) is -0.662. The van der Waals surface area contributed by atoms with Crippen LogP contribution < -0.4 is 5.73 Å². The molecule has 0 saturated carbocycles. The summed E-state index contributed by atoms with van der Waals surface area (Å²) in [6.07, 6.45) is -9.85. The molecule has 0 bridgehead atoms. The van der Waals surface area contributed by atoms with Gasteiger partial charge in [0.15, 0.2) is 0 Å². The summed E-state index contributed by atoms with van der Waals surface area (Å²) < 4.78 is 75.1. The zero-order valence-corrected chi connectivity index (χ0v) is 9.87. The lowest BCUT2D eigenvalue weighted by Gasteiger charge is -2.13. The molecule has 0 aliphatic heterocycles. The van der Waals surface area contributed by atoms with E-state index in [0.717, 1.165) is 0 Å². The van der Waals surface area contributed by atoms with E-state index in [2.05, 4.69) is 4.99 Å². The number of rotatable bonds is 2. The first-order valence-corrected chi connectivity index (χ1v) is 5.26.